The number of rotatable bonds is 8. The summed E-state index contributed by atoms with van der Waals surface area (Å²) in [4.78, 5) is 13.5. The van der Waals surface area contributed by atoms with Crippen molar-refractivity contribution in [3.8, 4) is 11.5 Å². The molecule has 0 saturated carbocycles. The lowest BCUT2D eigenvalue weighted by Crippen LogP contribution is -2.22. The van der Waals surface area contributed by atoms with E-state index in [1.807, 2.05) is 33.0 Å². The van der Waals surface area contributed by atoms with Crippen LogP contribution in [-0.4, -0.2) is 45.3 Å². The maximum atomic E-state index is 11.4. The van der Waals surface area contributed by atoms with Crippen LogP contribution in [-0.2, 0) is 16.1 Å². The number of ether oxygens (including phenoxy) is 3. The Morgan fingerprint density at radius 1 is 1.19 bits per heavy atom. The Morgan fingerprint density at radius 3 is 2.38 bits per heavy atom. The number of aryl methyl sites for hydroxylation is 1. The third-order valence-electron chi connectivity index (χ3n) is 3.29. The summed E-state index contributed by atoms with van der Waals surface area (Å²) in [5.74, 6) is 1.29. The molecular weight excluding hydrogens is 270 g/mol. The molecule has 118 valence electrons. The first-order chi connectivity index (χ1) is 10.0. The molecule has 21 heavy (non-hydrogen) atoms. The average Bonchev–Trinajstić information content (AvgIpc) is 2.47. The Hall–Kier alpha value is -1.75. The Labute approximate surface area is 126 Å². The van der Waals surface area contributed by atoms with Crippen molar-refractivity contribution in [1.29, 1.82) is 0 Å². The summed E-state index contributed by atoms with van der Waals surface area (Å²) in [5.41, 5.74) is 2.29. The summed E-state index contributed by atoms with van der Waals surface area (Å²) in [7, 11) is 5.24. The van der Waals surface area contributed by atoms with Crippen molar-refractivity contribution in [2.75, 3.05) is 34.4 Å². The van der Waals surface area contributed by atoms with E-state index in [0.29, 0.717) is 19.6 Å². The molecule has 5 heteroatoms. The molecule has 0 spiro atoms. The first-order valence-electron chi connectivity index (χ1n) is 7.07. The normalized spacial score (nSPS) is 10.6. The molecule has 5 nitrogen and oxygen atoms in total. The molecule has 0 aliphatic carbocycles. The second-order valence-electron chi connectivity index (χ2n) is 4.93. The van der Waals surface area contributed by atoms with Gasteiger partial charge in [0.15, 0.2) is 11.5 Å². The number of carbonyl (C=O) groups excluding carboxylic acids is 1. The highest BCUT2D eigenvalue weighted by atomic mass is 16.5. The first kappa shape index (κ1) is 17.3. The van der Waals surface area contributed by atoms with Gasteiger partial charge in [0.05, 0.1) is 27.2 Å². The Balaban J connectivity index is 2.67. The molecule has 0 aromatic heterocycles. The third kappa shape index (κ3) is 5.27. The van der Waals surface area contributed by atoms with Gasteiger partial charge in [0, 0.05) is 13.1 Å². The van der Waals surface area contributed by atoms with Gasteiger partial charge in [0.1, 0.15) is 0 Å². The van der Waals surface area contributed by atoms with Gasteiger partial charge in [0.25, 0.3) is 0 Å². The Bertz CT molecular complexity index is 474. The van der Waals surface area contributed by atoms with Gasteiger partial charge in [-0.3, -0.25) is 4.79 Å². The monoisotopic (exact) mass is 295 g/mol. The Morgan fingerprint density at radius 2 is 1.81 bits per heavy atom. The van der Waals surface area contributed by atoms with Crippen LogP contribution in [0.1, 0.15) is 24.5 Å². The van der Waals surface area contributed by atoms with Crippen LogP contribution in [0.4, 0.5) is 0 Å². The van der Waals surface area contributed by atoms with Gasteiger partial charge in [-0.1, -0.05) is 0 Å². The van der Waals surface area contributed by atoms with Gasteiger partial charge >= 0.3 is 5.97 Å². The van der Waals surface area contributed by atoms with E-state index in [9.17, 15) is 4.79 Å². The van der Waals surface area contributed by atoms with Gasteiger partial charge in [0.2, 0.25) is 0 Å². The number of methoxy groups -OCH3 is 2. The van der Waals surface area contributed by atoms with E-state index in [1.54, 1.807) is 14.2 Å². The molecular formula is C16H25NO4. The number of carbonyl (C=O) groups is 1. The largest absolute Gasteiger partial charge is 0.493 e. The summed E-state index contributed by atoms with van der Waals surface area (Å²) in [6.45, 7) is 5.68. The molecule has 0 saturated heterocycles. The molecule has 1 aromatic rings. The van der Waals surface area contributed by atoms with Gasteiger partial charge in [-0.2, -0.15) is 0 Å². The van der Waals surface area contributed by atoms with Crippen molar-refractivity contribution in [2.24, 2.45) is 0 Å². The minimum absolute atomic E-state index is 0.159. The van der Waals surface area contributed by atoms with Crippen LogP contribution in [0.25, 0.3) is 0 Å². The molecule has 1 rings (SSSR count). The topological polar surface area (TPSA) is 48.0 Å². The predicted octanol–water partition coefficient (Wildman–Crippen LogP) is 2.40. The number of nitrogens with zero attached hydrogens (tertiary/aromatic N) is 1. The quantitative estimate of drug-likeness (QED) is 0.689. The summed E-state index contributed by atoms with van der Waals surface area (Å²) in [5, 5.41) is 0. The number of hydrogen-bond donors (Lipinski definition) is 0. The van der Waals surface area contributed by atoms with Crippen molar-refractivity contribution in [2.45, 2.75) is 26.8 Å². The molecule has 0 aliphatic heterocycles. The van der Waals surface area contributed by atoms with Crippen molar-refractivity contribution < 1.29 is 19.0 Å². The molecule has 0 atom stereocenters. The van der Waals surface area contributed by atoms with E-state index < -0.39 is 0 Å². The van der Waals surface area contributed by atoms with E-state index in [2.05, 4.69) is 4.90 Å². The molecule has 0 N–H and O–H groups in total. The van der Waals surface area contributed by atoms with Crippen molar-refractivity contribution in [3.05, 3.63) is 23.3 Å². The van der Waals surface area contributed by atoms with Crippen LogP contribution >= 0.6 is 0 Å². The van der Waals surface area contributed by atoms with Crippen LogP contribution < -0.4 is 9.47 Å². The lowest BCUT2D eigenvalue weighted by Gasteiger charge is -2.19. The zero-order chi connectivity index (χ0) is 15.8. The zero-order valence-electron chi connectivity index (χ0n) is 13.6. The zero-order valence-corrected chi connectivity index (χ0v) is 13.6. The number of esters is 1. The van der Waals surface area contributed by atoms with E-state index in [1.165, 1.54) is 0 Å². The summed E-state index contributed by atoms with van der Waals surface area (Å²) < 4.78 is 15.5. The van der Waals surface area contributed by atoms with Crippen molar-refractivity contribution in [3.63, 3.8) is 0 Å². The predicted molar refractivity (Wildman–Crippen MR) is 81.9 cm³/mol. The van der Waals surface area contributed by atoms with E-state index >= 15 is 0 Å². The fraction of sp³-hybridized carbons (Fsp3) is 0.562. The smallest absolute Gasteiger partial charge is 0.307 e. The van der Waals surface area contributed by atoms with Gasteiger partial charge in [-0.25, -0.2) is 0 Å². The summed E-state index contributed by atoms with van der Waals surface area (Å²) in [6.07, 6.45) is 0.399. The Kier molecular flexibility index (Phi) is 7.02. The molecule has 0 aliphatic rings. The van der Waals surface area contributed by atoms with Crippen molar-refractivity contribution >= 4 is 5.97 Å². The van der Waals surface area contributed by atoms with Crippen LogP contribution in [0, 0.1) is 6.92 Å². The maximum absolute atomic E-state index is 11.4. The number of hydrogen-bond acceptors (Lipinski definition) is 5. The second kappa shape index (κ2) is 8.52. The fourth-order valence-electron chi connectivity index (χ4n) is 2.08. The van der Waals surface area contributed by atoms with Crippen LogP contribution in [0.15, 0.2) is 12.1 Å². The van der Waals surface area contributed by atoms with E-state index in [4.69, 9.17) is 14.2 Å². The molecule has 0 fully saturated rings. The standard InChI is InChI=1S/C16H25NO4/c1-6-21-16(18)7-8-17(3)11-13-10-15(20-5)14(19-4)9-12(13)2/h9-10H,6-8,11H2,1-5H3. The second-order valence-corrected chi connectivity index (χ2v) is 4.93. The SMILES string of the molecule is CCOC(=O)CCN(C)Cc1cc(OC)c(OC)cc1C. The third-order valence-corrected chi connectivity index (χ3v) is 3.29. The van der Waals surface area contributed by atoms with Crippen molar-refractivity contribution in [1.82, 2.24) is 4.90 Å². The van der Waals surface area contributed by atoms with E-state index in [-0.39, 0.29) is 5.97 Å². The molecule has 0 bridgehead atoms. The average molecular weight is 295 g/mol. The van der Waals surface area contributed by atoms with Gasteiger partial charge in [-0.15, -0.1) is 0 Å². The fourth-order valence-corrected chi connectivity index (χ4v) is 2.08. The van der Waals surface area contributed by atoms with Crippen LogP contribution in [0.3, 0.4) is 0 Å². The van der Waals surface area contributed by atoms with Gasteiger partial charge < -0.3 is 19.1 Å². The highest BCUT2D eigenvalue weighted by Gasteiger charge is 2.11. The van der Waals surface area contributed by atoms with Crippen LogP contribution in [0.5, 0.6) is 11.5 Å². The first-order valence-corrected chi connectivity index (χ1v) is 7.07. The van der Waals surface area contributed by atoms with Crippen LogP contribution in [0.2, 0.25) is 0 Å². The van der Waals surface area contributed by atoms with E-state index in [0.717, 1.165) is 29.2 Å². The number of benzene rings is 1. The molecule has 1 aromatic carbocycles. The minimum Gasteiger partial charge on any atom is -0.493 e. The van der Waals surface area contributed by atoms with Gasteiger partial charge in [-0.05, 0) is 44.2 Å². The maximum Gasteiger partial charge on any atom is 0.307 e. The highest BCUT2D eigenvalue weighted by Crippen LogP contribution is 2.30. The lowest BCUT2D eigenvalue weighted by molar-refractivity contribution is -0.143. The highest BCUT2D eigenvalue weighted by molar-refractivity contribution is 5.69. The lowest BCUT2D eigenvalue weighted by atomic mass is 10.1. The molecule has 0 unspecified atom stereocenters. The molecule has 0 heterocycles. The molecule has 0 amide bonds. The summed E-state index contributed by atoms with van der Waals surface area (Å²) in [6, 6.07) is 3.95. The minimum atomic E-state index is -0.159. The molecule has 0 radical (unpaired) electrons. The summed E-state index contributed by atoms with van der Waals surface area (Å²) >= 11 is 0.